The lowest BCUT2D eigenvalue weighted by molar-refractivity contribution is -0.131. The SMILES string of the molecule is CNC1CCCN(C(=O)Cc2c(C)nn(-c3ccc(Cl)cc3Cl)c2C)C1.Cl. The third-order valence-electron chi connectivity index (χ3n) is 5.09. The van der Waals surface area contributed by atoms with Crippen molar-refractivity contribution in [2.24, 2.45) is 0 Å². The number of carbonyl (C=O) groups excluding carboxylic acids is 1. The fourth-order valence-electron chi connectivity index (χ4n) is 3.52. The molecule has 0 spiro atoms. The molecule has 1 aromatic heterocycles. The van der Waals surface area contributed by atoms with Crippen LogP contribution in [0.4, 0.5) is 0 Å². The molecule has 2 aromatic rings. The summed E-state index contributed by atoms with van der Waals surface area (Å²) >= 11 is 12.3. The molecule has 0 aliphatic carbocycles. The Morgan fingerprint density at radius 1 is 1.33 bits per heavy atom. The topological polar surface area (TPSA) is 50.2 Å². The van der Waals surface area contributed by atoms with Crippen molar-refractivity contribution >= 4 is 41.5 Å². The third kappa shape index (κ3) is 4.77. The Morgan fingerprint density at radius 3 is 2.74 bits per heavy atom. The number of likely N-dealkylation sites (tertiary alicyclic amines) is 1. The zero-order valence-corrected chi connectivity index (χ0v) is 18.1. The number of aryl methyl sites for hydroxylation is 1. The monoisotopic (exact) mass is 430 g/mol. The van der Waals surface area contributed by atoms with Gasteiger partial charge in [0.25, 0.3) is 0 Å². The average Bonchev–Trinajstić information content (AvgIpc) is 2.90. The van der Waals surface area contributed by atoms with Crippen LogP contribution in [0.5, 0.6) is 0 Å². The molecule has 1 aliphatic heterocycles. The molecule has 0 radical (unpaired) electrons. The molecule has 0 saturated carbocycles. The number of likely N-dealkylation sites (N-methyl/N-ethyl adjacent to an activating group) is 1. The van der Waals surface area contributed by atoms with E-state index in [0.29, 0.717) is 22.5 Å². The first kappa shape index (κ1) is 22.0. The van der Waals surface area contributed by atoms with Crippen LogP contribution in [0.15, 0.2) is 18.2 Å². The summed E-state index contributed by atoms with van der Waals surface area (Å²) in [5, 5.41) is 9.00. The Hall–Kier alpha value is -1.27. The Balaban J connectivity index is 0.00000261. The number of hydrogen-bond acceptors (Lipinski definition) is 3. The maximum atomic E-state index is 12.8. The van der Waals surface area contributed by atoms with Crippen molar-refractivity contribution in [3.05, 3.63) is 45.2 Å². The summed E-state index contributed by atoms with van der Waals surface area (Å²) in [6.07, 6.45) is 2.51. The molecule has 1 aromatic carbocycles. The standard InChI is InChI=1S/C19H24Cl2N4O.ClH/c1-12-16(10-19(26)24-8-4-5-15(11-24)22-3)13(2)25(23-12)18-7-6-14(20)9-17(18)21;/h6-7,9,15,22H,4-5,8,10-11H2,1-3H3;1H. The highest BCUT2D eigenvalue weighted by Crippen LogP contribution is 2.27. The maximum Gasteiger partial charge on any atom is 0.227 e. The van der Waals surface area contributed by atoms with Crippen molar-refractivity contribution in [2.45, 2.75) is 39.2 Å². The van der Waals surface area contributed by atoms with Crippen LogP contribution in [0.1, 0.15) is 29.8 Å². The molecule has 1 N–H and O–H groups in total. The summed E-state index contributed by atoms with van der Waals surface area (Å²) in [5.74, 6) is 0.151. The molecule has 148 valence electrons. The molecule has 1 fully saturated rings. The van der Waals surface area contributed by atoms with Crippen molar-refractivity contribution in [1.29, 1.82) is 0 Å². The normalized spacial score (nSPS) is 16.9. The second kappa shape index (κ2) is 9.28. The summed E-state index contributed by atoms with van der Waals surface area (Å²) in [6, 6.07) is 5.71. The van der Waals surface area contributed by atoms with E-state index in [9.17, 15) is 4.79 Å². The summed E-state index contributed by atoms with van der Waals surface area (Å²) in [6.45, 7) is 5.50. The Kier molecular flexibility index (Phi) is 7.57. The molecule has 1 amide bonds. The van der Waals surface area contributed by atoms with Gasteiger partial charge in [0.1, 0.15) is 0 Å². The lowest BCUT2D eigenvalue weighted by Gasteiger charge is -2.32. The number of hydrogen-bond donors (Lipinski definition) is 1. The molecule has 0 bridgehead atoms. The fourth-order valence-corrected chi connectivity index (χ4v) is 4.01. The minimum Gasteiger partial charge on any atom is -0.341 e. The quantitative estimate of drug-likeness (QED) is 0.797. The van der Waals surface area contributed by atoms with Gasteiger partial charge in [-0.1, -0.05) is 23.2 Å². The van der Waals surface area contributed by atoms with Gasteiger partial charge in [-0.2, -0.15) is 5.10 Å². The summed E-state index contributed by atoms with van der Waals surface area (Å²) in [4.78, 5) is 14.8. The average molecular weight is 432 g/mol. The molecule has 8 heteroatoms. The van der Waals surface area contributed by atoms with Crippen molar-refractivity contribution in [3.8, 4) is 5.69 Å². The number of nitrogens with zero attached hydrogens (tertiary/aromatic N) is 3. The molecular weight excluding hydrogens is 407 g/mol. The smallest absolute Gasteiger partial charge is 0.227 e. The maximum absolute atomic E-state index is 12.8. The van der Waals surface area contributed by atoms with E-state index in [0.717, 1.165) is 48.6 Å². The zero-order valence-electron chi connectivity index (χ0n) is 15.8. The van der Waals surface area contributed by atoms with Gasteiger partial charge in [-0.3, -0.25) is 4.79 Å². The predicted octanol–water partition coefficient (Wildman–Crippen LogP) is 3.97. The highest BCUT2D eigenvalue weighted by atomic mass is 35.5. The van der Waals surface area contributed by atoms with Crippen LogP contribution in [0, 0.1) is 13.8 Å². The number of rotatable bonds is 4. The van der Waals surface area contributed by atoms with Crippen LogP contribution in [0.3, 0.4) is 0 Å². The van der Waals surface area contributed by atoms with Gasteiger partial charge < -0.3 is 10.2 Å². The minimum absolute atomic E-state index is 0. The van der Waals surface area contributed by atoms with E-state index in [-0.39, 0.29) is 18.3 Å². The van der Waals surface area contributed by atoms with E-state index >= 15 is 0 Å². The molecule has 1 aliphatic rings. The molecule has 3 rings (SSSR count). The van der Waals surface area contributed by atoms with Gasteiger partial charge in [-0.15, -0.1) is 12.4 Å². The molecule has 1 unspecified atom stereocenters. The second-order valence-electron chi connectivity index (χ2n) is 6.80. The van der Waals surface area contributed by atoms with Crippen LogP contribution in [-0.4, -0.2) is 46.8 Å². The second-order valence-corrected chi connectivity index (χ2v) is 7.64. The summed E-state index contributed by atoms with van der Waals surface area (Å²) in [7, 11) is 1.95. The van der Waals surface area contributed by atoms with Gasteiger partial charge in [-0.05, 0) is 51.9 Å². The summed E-state index contributed by atoms with van der Waals surface area (Å²) < 4.78 is 1.79. The van der Waals surface area contributed by atoms with E-state index in [1.165, 1.54) is 0 Å². The largest absolute Gasteiger partial charge is 0.341 e. The van der Waals surface area contributed by atoms with Crippen LogP contribution in [-0.2, 0) is 11.2 Å². The third-order valence-corrected chi connectivity index (χ3v) is 5.63. The zero-order chi connectivity index (χ0) is 18.8. The first-order valence-electron chi connectivity index (χ1n) is 8.86. The first-order chi connectivity index (χ1) is 12.4. The van der Waals surface area contributed by atoms with Gasteiger partial charge in [0, 0.05) is 35.4 Å². The van der Waals surface area contributed by atoms with Crippen molar-refractivity contribution in [3.63, 3.8) is 0 Å². The minimum atomic E-state index is 0. The van der Waals surface area contributed by atoms with E-state index < -0.39 is 0 Å². The van der Waals surface area contributed by atoms with Gasteiger partial charge in [0.2, 0.25) is 5.91 Å². The van der Waals surface area contributed by atoms with E-state index in [1.54, 1.807) is 16.8 Å². The number of amides is 1. The number of carbonyl (C=O) groups is 1. The Labute approximate surface area is 176 Å². The van der Waals surface area contributed by atoms with E-state index in [4.69, 9.17) is 23.2 Å². The van der Waals surface area contributed by atoms with Crippen molar-refractivity contribution in [1.82, 2.24) is 20.0 Å². The number of halogens is 3. The van der Waals surface area contributed by atoms with Gasteiger partial charge >= 0.3 is 0 Å². The lowest BCUT2D eigenvalue weighted by Crippen LogP contribution is -2.47. The lowest BCUT2D eigenvalue weighted by atomic mass is 10.0. The Bertz CT molecular complexity index is 822. The molecule has 27 heavy (non-hydrogen) atoms. The number of nitrogens with one attached hydrogen (secondary N) is 1. The van der Waals surface area contributed by atoms with Crippen LogP contribution >= 0.6 is 35.6 Å². The number of piperidine rings is 1. The van der Waals surface area contributed by atoms with Crippen LogP contribution < -0.4 is 5.32 Å². The van der Waals surface area contributed by atoms with Crippen LogP contribution in [0.2, 0.25) is 10.0 Å². The van der Waals surface area contributed by atoms with Gasteiger partial charge in [0.05, 0.1) is 22.8 Å². The number of benzene rings is 1. The van der Waals surface area contributed by atoms with Gasteiger partial charge in [0.15, 0.2) is 0 Å². The van der Waals surface area contributed by atoms with E-state index in [1.807, 2.05) is 31.9 Å². The highest BCUT2D eigenvalue weighted by molar-refractivity contribution is 6.35. The molecular formula is C19H25Cl3N4O. The van der Waals surface area contributed by atoms with E-state index in [2.05, 4.69) is 10.4 Å². The van der Waals surface area contributed by atoms with Gasteiger partial charge in [-0.25, -0.2) is 4.68 Å². The Morgan fingerprint density at radius 2 is 2.07 bits per heavy atom. The highest BCUT2D eigenvalue weighted by Gasteiger charge is 2.25. The van der Waals surface area contributed by atoms with Crippen molar-refractivity contribution in [2.75, 3.05) is 20.1 Å². The van der Waals surface area contributed by atoms with Crippen LogP contribution in [0.25, 0.3) is 5.69 Å². The number of aromatic nitrogens is 2. The molecule has 1 saturated heterocycles. The predicted molar refractivity (Wildman–Crippen MR) is 113 cm³/mol. The van der Waals surface area contributed by atoms with Crippen molar-refractivity contribution < 1.29 is 4.79 Å². The molecule has 2 heterocycles. The first-order valence-corrected chi connectivity index (χ1v) is 9.62. The summed E-state index contributed by atoms with van der Waals surface area (Å²) in [5.41, 5.74) is 3.52. The molecule has 5 nitrogen and oxygen atoms in total. The molecule has 1 atom stereocenters. The fraction of sp³-hybridized carbons (Fsp3) is 0.474.